The van der Waals surface area contributed by atoms with Crippen LogP contribution in [0.15, 0.2) is 72.8 Å². The maximum atomic E-state index is 14.2. The predicted octanol–water partition coefficient (Wildman–Crippen LogP) is 6.05. The van der Waals surface area contributed by atoms with Crippen molar-refractivity contribution in [3.8, 4) is 11.5 Å². The molecule has 1 saturated heterocycles. The second kappa shape index (κ2) is 7.62. The van der Waals surface area contributed by atoms with Crippen LogP contribution in [0.3, 0.4) is 0 Å². The number of hydrogen-bond donors (Lipinski definition) is 0. The standard InChI is InChI=1S/C21H15ClFNO2S/c22-14-5-9-16(10-6-14)26-17-11-7-15(8-12-17)24-20(25)13-27-21(24)18-3-1-2-4-19(18)23/h1-12,21H,13H2/t21-/m0/s1. The minimum Gasteiger partial charge on any atom is -0.457 e. The molecule has 1 amide bonds. The van der Waals surface area contributed by atoms with Crippen molar-refractivity contribution in [3.63, 3.8) is 0 Å². The van der Waals surface area contributed by atoms with Gasteiger partial charge in [-0.25, -0.2) is 4.39 Å². The Morgan fingerprint density at radius 2 is 1.59 bits per heavy atom. The van der Waals surface area contributed by atoms with Crippen LogP contribution in [0.2, 0.25) is 5.02 Å². The number of ether oxygens (including phenoxy) is 1. The minimum absolute atomic E-state index is 0.0420. The Kier molecular flexibility index (Phi) is 5.05. The van der Waals surface area contributed by atoms with Crippen LogP contribution < -0.4 is 9.64 Å². The summed E-state index contributed by atoms with van der Waals surface area (Å²) in [4.78, 5) is 14.1. The Morgan fingerprint density at radius 3 is 2.26 bits per heavy atom. The maximum absolute atomic E-state index is 14.2. The lowest BCUT2D eigenvalue weighted by Gasteiger charge is -2.24. The molecule has 0 unspecified atom stereocenters. The third-order valence-electron chi connectivity index (χ3n) is 4.20. The summed E-state index contributed by atoms with van der Waals surface area (Å²) >= 11 is 7.30. The van der Waals surface area contributed by atoms with Crippen LogP contribution in [0.1, 0.15) is 10.9 Å². The van der Waals surface area contributed by atoms with Gasteiger partial charge in [-0.05, 0) is 54.6 Å². The number of halogens is 2. The van der Waals surface area contributed by atoms with E-state index in [2.05, 4.69) is 0 Å². The zero-order valence-electron chi connectivity index (χ0n) is 14.1. The fourth-order valence-corrected chi connectivity index (χ4v) is 4.25. The normalized spacial score (nSPS) is 16.6. The lowest BCUT2D eigenvalue weighted by molar-refractivity contribution is -0.115. The van der Waals surface area contributed by atoms with Crippen LogP contribution in [0.5, 0.6) is 11.5 Å². The Morgan fingerprint density at radius 1 is 0.963 bits per heavy atom. The van der Waals surface area contributed by atoms with Gasteiger partial charge in [0.05, 0.1) is 5.75 Å². The second-order valence-electron chi connectivity index (χ2n) is 6.00. The molecule has 0 N–H and O–H groups in total. The van der Waals surface area contributed by atoms with Crippen molar-refractivity contribution in [3.05, 3.63) is 89.2 Å². The van der Waals surface area contributed by atoms with Crippen LogP contribution >= 0.6 is 23.4 Å². The Bertz CT molecular complexity index is 963. The summed E-state index contributed by atoms with van der Waals surface area (Å²) < 4.78 is 20.0. The fourth-order valence-electron chi connectivity index (χ4n) is 2.92. The molecule has 1 fully saturated rings. The number of thioether (sulfide) groups is 1. The Labute approximate surface area is 165 Å². The van der Waals surface area contributed by atoms with Gasteiger partial charge >= 0.3 is 0 Å². The first kappa shape index (κ1) is 17.9. The molecule has 0 saturated carbocycles. The molecule has 1 atom stereocenters. The van der Waals surface area contributed by atoms with Gasteiger partial charge in [0.25, 0.3) is 0 Å². The van der Waals surface area contributed by atoms with Crippen molar-refractivity contribution in [1.82, 2.24) is 0 Å². The fraction of sp³-hybridized carbons (Fsp3) is 0.0952. The number of rotatable bonds is 4. The SMILES string of the molecule is O=C1CS[C@@H](c2ccccc2F)N1c1ccc(Oc2ccc(Cl)cc2)cc1. The van der Waals surface area contributed by atoms with E-state index in [1.54, 1.807) is 59.5 Å². The number of amides is 1. The van der Waals surface area contributed by atoms with Gasteiger partial charge in [0.1, 0.15) is 22.7 Å². The zero-order chi connectivity index (χ0) is 18.8. The highest BCUT2D eigenvalue weighted by atomic mass is 35.5. The first-order valence-corrected chi connectivity index (χ1v) is 9.76. The van der Waals surface area contributed by atoms with E-state index in [0.717, 1.165) is 0 Å². The molecule has 27 heavy (non-hydrogen) atoms. The van der Waals surface area contributed by atoms with Gasteiger partial charge in [-0.2, -0.15) is 0 Å². The number of carbonyl (C=O) groups excluding carboxylic acids is 1. The van der Waals surface area contributed by atoms with Gasteiger partial charge < -0.3 is 4.74 Å². The largest absolute Gasteiger partial charge is 0.457 e. The molecule has 1 heterocycles. The quantitative estimate of drug-likeness (QED) is 0.534. The summed E-state index contributed by atoms with van der Waals surface area (Å²) in [6.45, 7) is 0. The number of hydrogen-bond acceptors (Lipinski definition) is 3. The van der Waals surface area contributed by atoms with Gasteiger partial charge in [-0.3, -0.25) is 9.69 Å². The highest BCUT2D eigenvalue weighted by molar-refractivity contribution is 8.00. The maximum Gasteiger partial charge on any atom is 0.238 e. The molecule has 3 nitrogen and oxygen atoms in total. The van der Waals surface area contributed by atoms with Gasteiger partial charge in [0.2, 0.25) is 5.91 Å². The number of nitrogens with zero attached hydrogens (tertiary/aromatic N) is 1. The summed E-state index contributed by atoms with van der Waals surface area (Å²) in [6.07, 6.45) is 0. The summed E-state index contributed by atoms with van der Waals surface area (Å²) in [5.41, 5.74) is 1.22. The van der Waals surface area contributed by atoms with Gasteiger partial charge in [-0.15, -0.1) is 11.8 Å². The van der Waals surface area contributed by atoms with Crippen molar-refractivity contribution in [2.75, 3.05) is 10.7 Å². The average molecular weight is 400 g/mol. The van der Waals surface area contributed by atoms with E-state index >= 15 is 0 Å². The van der Waals surface area contributed by atoms with E-state index in [-0.39, 0.29) is 17.1 Å². The summed E-state index contributed by atoms with van der Waals surface area (Å²) in [5.74, 6) is 1.28. The molecule has 3 aromatic rings. The van der Waals surface area contributed by atoms with Crippen LogP contribution in [-0.4, -0.2) is 11.7 Å². The molecule has 0 aliphatic carbocycles. The molecule has 0 spiro atoms. The summed E-state index contributed by atoms with van der Waals surface area (Å²) in [5, 5.41) is 0.267. The molecule has 0 radical (unpaired) electrons. The van der Waals surface area contributed by atoms with Gasteiger partial charge in [0, 0.05) is 16.3 Å². The van der Waals surface area contributed by atoms with Crippen molar-refractivity contribution in [2.45, 2.75) is 5.37 Å². The van der Waals surface area contributed by atoms with E-state index in [4.69, 9.17) is 16.3 Å². The highest BCUT2D eigenvalue weighted by Crippen LogP contribution is 2.42. The third kappa shape index (κ3) is 3.80. The zero-order valence-corrected chi connectivity index (χ0v) is 15.7. The number of benzene rings is 3. The van der Waals surface area contributed by atoms with Crippen LogP contribution in [-0.2, 0) is 4.79 Å². The molecule has 3 aromatic carbocycles. The van der Waals surface area contributed by atoms with Crippen LogP contribution in [0, 0.1) is 5.82 Å². The molecule has 0 bridgehead atoms. The molecule has 0 aromatic heterocycles. The number of carbonyl (C=O) groups is 1. The molecule has 1 aliphatic heterocycles. The summed E-state index contributed by atoms with van der Waals surface area (Å²) in [7, 11) is 0. The summed E-state index contributed by atoms with van der Waals surface area (Å²) in [6, 6.07) is 20.8. The van der Waals surface area contributed by atoms with E-state index in [1.807, 2.05) is 12.1 Å². The molecule has 1 aliphatic rings. The van der Waals surface area contributed by atoms with E-state index < -0.39 is 0 Å². The molecule has 136 valence electrons. The van der Waals surface area contributed by atoms with E-state index in [0.29, 0.717) is 33.5 Å². The second-order valence-corrected chi connectivity index (χ2v) is 7.50. The lowest BCUT2D eigenvalue weighted by Crippen LogP contribution is -2.28. The molecular formula is C21H15ClFNO2S. The topological polar surface area (TPSA) is 29.5 Å². The minimum atomic E-state index is -0.373. The smallest absolute Gasteiger partial charge is 0.238 e. The number of anilines is 1. The Hall–Kier alpha value is -2.50. The Balaban J connectivity index is 1.57. The highest BCUT2D eigenvalue weighted by Gasteiger charge is 2.35. The van der Waals surface area contributed by atoms with Crippen molar-refractivity contribution in [1.29, 1.82) is 0 Å². The van der Waals surface area contributed by atoms with Crippen molar-refractivity contribution >= 4 is 35.0 Å². The van der Waals surface area contributed by atoms with Crippen molar-refractivity contribution in [2.24, 2.45) is 0 Å². The molecule has 4 rings (SSSR count). The predicted molar refractivity (Wildman–Crippen MR) is 107 cm³/mol. The molecule has 6 heteroatoms. The first-order chi connectivity index (χ1) is 13.1. The van der Waals surface area contributed by atoms with E-state index in [9.17, 15) is 9.18 Å². The van der Waals surface area contributed by atoms with Crippen molar-refractivity contribution < 1.29 is 13.9 Å². The monoisotopic (exact) mass is 399 g/mol. The average Bonchev–Trinajstić information content (AvgIpc) is 3.06. The first-order valence-electron chi connectivity index (χ1n) is 8.33. The third-order valence-corrected chi connectivity index (χ3v) is 5.65. The van der Waals surface area contributed by atoms with Crippen LogP contribution in [0.4, 0.5) is 10.1 Å². The lowest BCUT2D eigenvalue weighted by atomic mass is 10.1. The van der Waals surface area contributed by atoms with Gasteiger partial charge in [0.15, 0.2) is 0 Å². The van der Waals surface area contributed by atoms with Gasteiger partial charge in [-0.1, -0.05) is 29.8 Å². The molecular weight excluding hydrogens is 385 g/mol. The van der Waals surface area contributed by atoms with Crippen LogP contribution in [0.25, 0.3) is 0 Å². The van der Waals surface area contributed by atoms with E-state index in [1.165, 1.54) is 17.8 Å².